The molecule has 636 valence electrons. The first-order chi connectivity index (χ1) is 51.7. The maximum absolute atomic E-state index is 14.1. The Morgan fingerprint density at radius 2 is 0.872 bits per heavy atom. The molecule has 2 aliphatic rings. The van der Waals surface area contributed by atoms with E-state index in [1.807, 2.05) is 48.5 Å². The van der Waals surface area contributed by atoms with Crippen molar-refractivity contribution in [2.24, 2.45) is 47.3 Å². The Labute approximate surface area is 643 Å². The summed E-state index contributed by atoms with van der Waals surface area (Å²) in [4.78, 5) is 104. The SMILES string of the molecule is CCC(CNC(=O)CCOCC(COCCC(=O)NCC(C)CC(C)COC1OC(CO)C(O)C(O)C1NC(C)=O)(COCCC(=O)NCC(CC)CC(C)COC(OC(CO)[C@@H](C)O)[C@H](CO)NC(C)=O)NC(=O)CCCC(=O)NCC(C)CC(C)COC)CC(C)COC1OC(CO)C(O)C(O)C1NC(C)=O. The van der Waals surface area contributed by atoms with E-state index in [0.29, 0.717) is 45.3 Å². The molecule has 21 unspecified atom stereocenters. The van der Waals surface area contributed by atoms with E-state index < -0.39 is 141 Å². The maximum atomic E-state index is 14.1. The number of aliphatic hydroxyl groups is 9. The van der Waals surface area contributed by atoms with E-state index in [2.05, 4.69) is 49.5 Å². The van der Waals surface area contributed by atoms with Crippen LogP contribution in [0.4, 0.5) is 0 Å². The van der Waals surface area contributed by atoms with Crippen molar-refractivity contribution in [1.29, 1.82) is 0 Å². The summed E-state index contributed by atoms with van der Waals surface area (Å²) in [5.74, 6) is -3.23. The van der Waals surface area contributed by atoms with Crippen LogP contribution in [0, 0.1) is 47.3 Å². The topological polar surface area (TPSA) is 507 Å². The molecule has 35 nitrogen and oxygen atoms in total. The summed E-state index contributed by atoms with van der Waals surface area (Å²) < 4.78 is 59.1. The number of nitrogens with one attached hydrogen (secondary N) is 8. The molecular formula is C74H138N8O27. The fourth-order valence-corrected chi connectivity index (χ4v) is 13.0. The number of hydrogen-bond donors (Lipinski definition) is 17. The zero-order valence-electron chi connectivity index (χ0n) is 66.8. The van der Waals surface area contributed by atoms with E-state index in [1.165, 1.54) is 27.7 Å². The third-order valence-electron chi connectivity index (χ3n) is 19.0. The largest absolute Gasteiger partial charge is 0.394 e. The van der Waals surface area contributed by atoms with Crippen LogP contribution in [0.3, 0.4) is 0 Å². The predicted octanol–water partition coefficient (Wildman–Crippen LogP) is -1.71. The van der Waals surface area contributed by atoms with Crippen LogP contribution in [0.2, 0.25) is 0 Å². The van der Waals surface area contributed by atoms with Crippen LogP contribution in [-0.4, -0.2) is 310 Å². The van der Waals surface area contributed by atoms with E-state index in [4.69, 9.17) is 47.4 Å². The number of carbonyl (C=O) groups excluding carboxylic acids is 8. The van der Waals surface area contributed by atoms with E-state index in [-0.39, 0.29) is 189 Å². The third kappa shape index (κ3) is 41.0. The Morgan fingerprint density at radius 1 is 0.477 bits per heavy atom. The number of hydrogen-bond acceptors (Lipinski definition) is 27. The molecule has 8 amide bonds. The minimum atomic E-state index is -1.50. The van der Waals surface area contributed by atoms with Gasteiger partial charge < -0.3 is 136 Å². The van der Waals surface area contributed by atoms with Crippen LogP contribution < -0.4 is 42.5 Å². The molecule has 2 aliphatic heterocycles. The summed E-state index contributed by atoms with van der Waals surface area (Å²) in [7, 11) is 1.64. The second-order valence-electron chi connectivity index (χ2n) is 30.2. The maximum Gasteiger partial charge on any atom is 0.222 e. The molecule has 23 atom stereocenters. The molecule has 0 aromatic rings. The summed E-state index contributed by atoms with van der Waals surface area (Å²) in [5.41, 5.74) is -1.50. The smallest absolute Gasteiger partial charge is 0.222 e. The minimum absolute atomic E-state index is 0.0218. The molecule has 2 saturated heterocycles. The van der Waals surface area contributed by atoms with E-state index in [1.54, 1.807) is 7.11 Å². The second-order valence-corrected chi connectivity index (χ2v) is 30.2. The van der Waals surface area contributed by atoms with Crippen LogP contribution in [0.25, 0.3) is 0 Å². The standard InChI is InChI=1S/C74H138N8O27/c1-14-54(27-48(7)39-104-71(56(33-83)79-51(10)88)107-57(34-84)50(9)87)31-77-62(93)20-23-102-42-74(82-64(95)18-16-17-60(91)75-29-44(3)25-46(5)37-100-13,41-101-22-19-61(92)76-30-45(4)26-47(6)38-105-72-65(80-52(11)89)69(98)67(96)58(35-85)108-72)43-103-24-21-63(94)78-32-55(15-2)28-49(8)40-106-73-66(81-53(12)90)70(99)68(97)59(36-86)109-73/h44-50,54-59,65-73,83-87,96-99H,14-43H2,1-13H3,(H,75,91)(H,76,92)(H,77,93)(H,78,94)(H,79,88)(H,80,89)(H,81,90)(H,82,95)/t44?,45?,46?,47?,48?,49?,50-,54?,55?,56+,57?,58?,59?,65?,66?,67?,68?,69?,70?,71?,72?,73?,74?/m1/s1. The summed E-state index contributed by atoms with van der Waals surface area (Å²) >= 11 is 0. The zero-order chi connectivity index (χ0) is 81.8. The van der Waals surface area contributed by atoms with E-state index in [0.717, 1.165) is 6.42 Å². The fourth-order valence-electron chi connectivity index (χ4n) is 13.0. The van der Waals surface area contributed by atoms with Gasteiger partial charge in [-0.3, -0.25) is 38.4 Å². The molecular weight excluding hydrogens is 1430 g/mol. The summed E-state index contributed by atoms with van der Waals surface area (Å²) in [6.07, 6.45) is -10.2. The van der Waals surface area contributed by atoms with Gasteiger partial charge in [0.15, 0.2) is 18.9 Å². The lowest BCUT2D eigenvalue weighted by molar-refractivity contribution is -0.272. The van der Waals surface area contributed by atoms with Gasteiger partial charge >= 0.3 is 0 Å². The van der Waals surface area contributed by atoms with Crippen LogP contribution in [0.15, 0.2) is 0 Å². The fraction of sp³-hybridized carbons (Fsp3) is 0.892. The number of aliphatic hydroxyl groups excluding tert-OH is 9. The van der Waals surface area contributed by atoms with Crippen LogP contribution in [0.5, 0.6) is 0 Å². The Morgan fingerprint density at radius 3 is 1.25 bits per heavy atom. The van der Waals surface area contributed by atoms with E-state index in [9.17, 15) is 84.3 Å². The molecule has 109 heavy (non-hydrogen) atoms. The zero-order valence-corrected chi connectivity index (χ0v) is 66.8. The lowest BCUT2D eigenvalue weighted by Gasteiger charge is -2.42. The number of methoxy groups -OCH3 is 1. The number of rotatable bonds is 60. The van der Waals surface area contributed by atoms with Crippen molar-refractivity contribution in [2.45, 2.75) is 252 Å². The van der Waals surface area contributed by atoms with Gasteiger partial charge in [-0.25, -0.2) is 0 Å². The monoisotopic (exact) mass is 1570 g/mol. The molecule has 0 bridgehead atoms. The number of amides is 8. The highest BCUT2D eigenvalue weighted by Crippen LogP contribution is 2.27. The first kappa shape index (κ1) is 100. The molecule has 17 N–H and O–H groups in total. The molecule has 0 aromatic heterocycles. The Balaban J connectivity index is 2.32. The minimum Gasteiger partial charge on any atom is -0.394 e. The highest BCUT2D eigenvalue weighted by molar-refractivity contribution is 5.80. The van der Waals surface area contributed by atoms with E-state index >= 15 is 0 Å². The molecule has 0 radical (unpaired) electrons. The first-order valence-electron chi connectivity index (χ1n) is 38.7. The van der Waals surface area contributed by atoms with Gasteiger partial charge in [-0.2, -0.15) is 0 Å². The summed E-state index contributed by atoms with van der Waals surface area (Å²) in [6, 6.07) is -3.21. The second kappa shape index (κ2) is 55.5. The van der Waals surface area contributed by atoms with Gasteiger partial charge in [-0.15, -0.1) is 0 Å². The lowest BCUT2D eigenvalue weighted by atomic mass is 9.93. The summed E-state index contributed by atoms with van der Waals surface area (Å²) in [6.45, 7) is 19.5. The van der Waals surface area contributed by atoms with Crippen molar-refractivity contribution < 1.29 is 132 Å². The van der Waals surface area contributed by atoms with Crippen LogP contribution in [-0.2, 0) is 85.7 Å². The molecule has 2 heterocycles. The molecule has 2 rings (SSSR count). The van der Waals surface area contributed by atoms with Crippen molar-refractivity contribution in [1.82, 2.24) is 42.5 Å². The van der Waals surface area contributed by atoms with Crippen molar-refractivity contribution >= 4 is 47.3 Å². The van der Waals surface area contributed by atoms with Gasteiger partial charge in [0, 0.05) is 92.8 Å². The van der Waals surface area contributed by atoms with Crippen molar-refractivity contribution in [3.8, 4) is 0 Å². The van der Waals surface area contributed by atoms with Gasteiger partial charge in [-0.1, -0.05) is 68.2 Å². The average molecular weight is 1570 g/mol. The Kier molecular flexibility index (Phi) is 50.9. The van der Waals surface area contributed by atoms with Gasteiger partial charge in [0.25, 0.3) is 0 Å². The highest BCUT2D eigenvalue weighted by atomic mass is 16.7. The lowest BCUT2D eigenvalue weighted by Crippen LogP contribution is -2.64. The normalized spacial score (nSPS) is 24.0. The Bertz CT molecular complexity index is 2580. The average Bonchev–Trinajstić information content (AvgIpc) is 0.823. The first-order valence-corrected chi connectivity index (χ1v) is 38.7. The molecule has 0 aliphatic carbocycles. The van der Waals surface area contributed by atoms with Crippen molar-refractivity contribution in [3.63, 3.8) is 0 Å². The van der Waals surface area contributed by atoms with Crippen LogP contribution >= 0.6 is 0 Å². The van der Waals surface area contributed by atoms with Gasteiger partial charge in [0.05, 0.1) is 92.0 Å². The molecule has 35 heteroatoms. The molecule has 0 spiro atoms. The van der Waals surface area contributed by atoms with Gasteiger partial charge in [0.2, 0.25) is 47.3 Å². The molecule has 0 aromatic carbocycles. The quantitative estimate of drug-likeness (QED) is 0.0238. The summed E-state index contributed by atoms with van der Waals surface area (Å²) in [5, 5.41) is 114. The molecule has 2 fully saturated rings. The molecule has 0 saturated carbocycles. The van der Waals surface area contributed by atoms with Gasteiger partial charge in [0.1, 0.15) is 66.4 Å². The van der Waals surface area contributed by atoms with Crippen molar-refractivity contribution in [2.75, 3.05) is 126 Å². The number of carbonyl (C=O) groups is 8. The third-order valence-corrected chi connectivity index (χ3v) is 19.0. The number of ether oxygens (including phenoxy) is 10. The predicted molar refractivity (Wildman–Crippen MR) is 397 cm³/mol. The van der Waals surface area contributed by atoms with Gasteiger partial charge in [-0.05, 0) is 86.4 Å². The van der Waals surface area contributed by atoms with Crippen molar-refractivity contribution in [3.05, 3.63) is 0 Å². The Hall–Kier alpha value is -5.00. The van der Waals surface area contributed by atoms with Crippen LogP contribution in [0.1, 0.15) is 160 Å². The highest BCUT2D eigenvalue weighted by Gasteiger charge is 2.47.